The third-order valence-electron chi connectivity index (χ3n) is 5.49. The van der Waals surface area contributed by atoms with Crippen LogP contribution in [0.15, 0.2) is 42.6 Å². The van der Waals surface area contributed by atoms with Gasteiger partial charge in [-0.25, -0.2) is 4.39 Å². The molecular weight excluding hydrogens is 411 g/mol. The number of amides is 1. The second-order valence-electron chi connectivity index (χ2n) is 8.20. The minimum atomic E-state index is -0.422. The molecule has 0 saturated carbocycles. The molecule has 168 valence electrons. The third kappa shape index (κ3) is 4.75. The number of aromatic nitrogens is 2. The summed E-state index contributed by atoms with van der Waals surface area (Å²) in [7, 11) is 3.95. The summed E-state index contributed by atoms with van der Waals surface area (Å²) >= 11 is 0. The third-order valence-corrected chi connectivity index (χ3v) is 5.49. The summed E-state index contributed by atoms with van der Waals surface area (Å²) in [4.78, 5) is 15.0. The maximum Gasteiger partial charge on any atom is 0.231 e. The monoisotopic (exact) mass is 438 g/mol. The van der Waals surface area contributed by atoms with E-state index in [1.165, 1.54) is 6.07 Å². The van der Waals surface area contributed by atoms with Crippen LogP contribution in [0.25, 0.3) is 11.1 Å². The second kappa shape index (κ2) is 9.40. The van der Waals surface area contributed by atoms with Crippen molar-refractivity contribution in [3.63, 3.8) is 0 Å². The molecule has 1 unspecified atom stereocenters. The Morgan fingerprint density at radius 2 is 2.19 bits per heavy atom. The average molecular weight is 439 g/mol. The second-order valence-corrected chi connectivity index (χ2v) is 8.20. The van der Waals surface area contributed by atoms with Gasteiger partial charge in [-0.3, -0.25) is 9.89 Å². The smallest absolute Gasteiger partial charge is 0.231 e. The van der Waals surface area contributed by atoms with E-state index in [0.717, 1.165) is 23.4 Å². The molecule has 1 amide bonds. The molecule has 1 aliphatic rings. The van der Waals surface area contributed by atoms with Gasteiger partial charge in [0, 0.05) is 17.8 Å². The molecule has 0 saturated heterocycles. The first-order valence-corrected chi connectivity index (χ1v) is 10.6. The van der Waals surface area contributed by atoms with Crippen molar-refractivity contribution in [2.75, 3.05) is 39.2 Å². The van der Waals surface area contributed by atoms with Crippen LogP contribution in [0.4, 0.5) is 10.1 Å². The molecule has 0 radical (unpaired) electrons. The SMILES string of the molecule is Cc1[nH]ncc1-c1ccc(NC(=O)C2COc3c(F)cccc3C2)c(OCCN(C)C)c1. The maximum atomic E-state index is 13.9. The fourth-order valence-corrected chi connectivity index (χ4v) is 3.68. The van der Waals surface area contributed by atoms with Crippen LogP contribution in [-0.4, -0.2) is 54.9 Å². The Kier molecular flexibility index (Phi) is 6.41. The van der Waals surface area contributed by atoms with Crippen LogP contribution in [0.3, 0.4) is 0 Å². The number of nitrogens with one attached hydrogen (secondary N) is 2. The number of ether oxygens (including phenoxy) is 2. The Morgan fingerprint density at radius 3 is 2.94 bits per heavy atom. The predicted octanol–water partition coefficient (Wildman–Crippen LogP) is 3.65. The van der Waals surface area contributed by atoms with E-state index in [1.54, 1.807) is 18.3 Å². The van der Waals surface area contributed by atoms with Crippen molar-refractivity contribution in [2.24, 2.45) is 5.92 Å². The number of carbonyl (C=O) groups excluding carboxylic acids is 1. The molecule has 4 rings (SSSR count). The van der Waals surface area contributed by atoms with Gasteiger partial charge in [0.1, 0.15) is 19.0 Å². The van der Waals surface area contributed by atoms with Gasteiger partial charge in [0.2, 0.25) is 5.91 Å². The lowest BCUT2D eigenvalue weighted by Crippen LogP contribution is -2.33. The molecule has 0 spiro atoms. The number of carbonyl (C=O) groups is 1. The van der Waals surface area contributed by atoms with E-state index in [2.05, 4.69) is 15.5 Å². The van der Waals surface area contributed by atoms with Gasteiger partial charge in [-0.2, -0.15) is 5.10 Å². The van der Waals surface area contributed by atoms with Crippen LogP contribution in [-0.2, 0) is 11.2 Å². The Hall–Kier alpha value is -3.39. The number of benzene rings is 2. The van der Waals surface area contributed by atoms with Crippen molar-refractivity contribution in [1.29, 1.82) is 0 Å². The molecule has 32 heavy (non-hydrogen) atoms. The van der Waals surface area contributed by atoms with E-state index in [-0.39, 0.29) is 18.3 Å². The molecular formula is C24H27FN4O3. The van der Waals surface area contributed by atoms with E-state index in [0.29, 0.717) is 30.0 Å². The summed E-state index contributed by atoms with van der Waals surface area (Å²) < 4.78 is 25.5. The van der Waals surface area contributed by atoms with Gasteiger partial charge in [0.05, 0.1) is 17.8 Å². The van der Waals surface area contributed by atoms with Crippen LogP contribution in [0, 0.1) is 18.7 Å². The maximum absolute atomic E-state index is 13.9. The van der Waals surface area contributed by atoms with Gasteiger partial charge in [0.15, 0.2) is 11.6 Å². The molecule has 2 N–H and O–H groups in total. The lowest BCUT2D eigenvalue weighted by molar-refractivity contribution is -0.121. The Balaban J connectivity index is 1.53. The zero-order chi connectivity index (χ0) is 22.7. The van der Waals surface area contributed by atoms with E-state index in [9.17, 15) is 9.18 Å². The summed E-state index contributed by atoms with van der Waals surface area (Å²) in [5.41, 5.74) is 4.15. The molecule has 0 bridgehead atoms. The number of aryl methyl sites for hydroxylation is 1. The van der Waals surface area contributed by atoms with Crippen LogP contribution in [0.1, 0.15) is 11.3 Å². The van der Waals surface area contributed by atoms with Crippen molar-refractivity contribution >= 4 is 11.6 Å². The standard InChI is InChI=1S/C24H27FN4O3/c1-15-19(13-26-28-15)16-7-8-21(22(12-16)31-10-9-29(2)3)27-24(30)18-11-17-5-4-6-20(25)23(17)32-14-18/h4-8,12-13,18H,9-11,14H2,1-3H3,(H,26,28)(H,27,30). The van der Waals surface area contributed by atoms with E-state index in [4.69, 9.17) is 9.47 Å². The Labute approximate surface area is 186 Å². The highest BCUT2D eigenvalue weighted by atomic mass is 19.1. The summed E-state index contributed by atoms with van der Waals surface area (Å²) in [5, 5.41) is 10.0. The fraction of sp³-hybridized carbons (Fsp3) is 0.333. The molecule has 2 heterocycles. The number of likely N-dealkylation sites (N-methyl/N-ethyl adjacent to an activating group) is 1. The number of fused-ring (bicyclic) bond motifs is 1. The minimum Gasteiger partial charge on any atom is -0.490 e. The fourth-order valence-electron chi connectivity index (χ4n) is 3.68. The van der Waals surface area contributed by atoms with Gasteiger partial charge in [0.25, 0.3) is 0 Å². The number of nitrogens with zero attached hydrogens (tertiary/aromatic N) is 2. The zero-order valence-corrected chi connectivity index (χ0v) is 18.4. The average Bonchev–Trinajstić information content (AvgIpc) is 3.20. The molecule has 1 atom stereocenters. The molecule has 8 heteroatoms. The van der Waals surface area contributed by atoms with Gasteiger partial charge < -0.3 is 19.7 Å². The van der Waals surface area contributed by atoms with Crippen LogP contribution >= 0.6 is 0 Å². The molecule has 1 aliphatic heterocycles. The van der Waals surface area contributed by atoms with E-state index < -0.39 is 11.7 Å². The summed E-state index contributed by atoms with van der Waals surface area (Å²) in [5.74, 6) is -0.187. The van der Waals surface area contributed by atoms with Crippen LogP contribution in [0.2, 0.25) is 0 Å². The predicted molar refractivity (Wildman–Crippen MR) is 121 cm³/mol. The first-order chi connectivity index (χ1) is 15.4. The van der Waals surface area contributed by atoms with Gasteiger partial charge in [-0.15, -0.1) is 0 Å². The summed E-state index contributed by atoms with van der Waals surface area (Å²) in [6.45, 7) is 3.29. The number of halogens is 1. The van der Waals surface area contributed by atoms with Crippen molar-refractivity contribution in [3.05, 3.63) is 59.7 Å². The number of rotatable bonds is 7. The Bertz CT molecular complexity index is 1110. The highest BCUT2D eigenvalue weighted by Crippen LogP contribution is 2.34. The number of hydrogen-bond donors (Lipinski definition) is 2. The lowest BCUT2D eigenvalue weighted by atomic mass is 9.95. The van der Waals surface area contributed by atoms with Gasteiger partial charge in [-0.05, 0) is 56.8 Å². The van der Waals surface area contributed by atoms with Crippen molar-refractivity contribution in [3.8, 4) is 22.6 Å². The highest BCUT2D eigenvalue weighted by molar-refractivity contribution is 5.95. The molecule has 7 nitrogen and oxygen atoms in total. The number of hydrogen-bond acceptors (Lipinski definition) is 5. The minimum absolute atomic E-state index is 0.128. The zero-order valence-electron chi connectivity index (χ0n) is 18.4. The summed E-state index contributed by atoms with van der Waals surface area (Å²) in [6.07, 6.45) is 2.19. The molecule has 3 aromatic rings. The Morgan fingerprint density at radius 1 is 1.34 bits per heavy atom. The van der Waals surface area contributed by atoms with Crippen LogP contribution < -0.4 is 14.8 Å². The molecule has 0 aliphatic carbocycles. The topological polar surface area (TPSA) is 79.5 Å². The van der Waals surface area contributed by atoms with E-state index >= 15 is 0 Å². The number of anilines is 1. The largest absolute Gasteiger partial charge is 0.490 e. The van der Waals surface area contributed by atoms with Crippen LogP contribution in [0.5, 0.6) is 11.5 Å². The molecule has 0 fully saturated rings. The van der Waals surface area contributed by atoms with E-state index in [1.807, 2.05) is 44.1 Å². The molecule has 1 aromatic heterocycles. The van der Waals surface area contributed by atoms with Crippen molar-refractivity contribution < 1.29 is 18.7 Å². The van der Waals surface area contributed by atoms with Crippen molar-refractivity contribution in [1.82, 2.24) is 15.1 Å². The quantitative estimate of drug-likeness (QED) is 0.589. The first kappa shape index (κ1) is 21.8. The first-order valence-electron chi connectivity index (χ1n) is 10.6. The van der Waals surface area contributed by atoms with Gasteiger partial charge >= 0.3 is 0 Å². The summed E-state index contributed by atoms with van der Waals surface area (Å²) in [6, 6.07) is 10.4. The number of H-pyrrole nitrogens is 1. The lowest BCUT2D eigenvalue weighted by Gasteiger charge is -2.25. The number of aromatic amines is 1. The van der Waals surface area contributed by atoms with Gasteiger partial charge in [-0.1, -0.05) is 18.2 Å². The highest BCUT2D eigenvalue weighted by Gasteiger charge is 2.28. The van der Waals surface area contributed by atoms with Crippen molar-refractivity contribution in [2.45, 2.75) is 13.3 Å². The number of para-hydroxylation sites is 1. The molecule has 2 aromatic carbocycles. The normalized spacial score (nSPS) is 15.2.